The van der Waals surface area contributed by atoms with Crippen LogP contribution >= 0.6 is 0 Å². The lowest BCUT2D eigenvalue weighted by Gasteiger charge is -2.14. The van der Waals surface area contributed by atoms with Gasteiger partial charge in [-0.2, -0.15) is 0 Å². The molecule has 0 aliphatic carbocycles. The third-order valence-corrected chi connectivity index (χ3v) is 4.09. The van der Waals surface area contributed by atoms with Crippen LogP contribution < -0.4 is 5.32 Å². The second-order valence-corrected chi connectivity index (χ2v) is 5.99. The van der Waals surface area contributed by atoms with Crippen LogP contribution in [-0.2, 0) is 20.7 Å². The Balaban J connectivity index is 1.40. The van der Waals surface area contributed by atoms with Gasteiger partial charge in [0.25, 0.3) is 11.8 Å². The van der Waals surface area contributed by atoms with E-state index in [2.05, 4.69) is 5.32 Å². The summed E-state index contributed by atoms with van der Waals surface area (Å²) in [6.45, 7) is -0.324. The van der Waals surface area contributed by atoms with Crippen molar-refractivity contribution >= 4 is 23.7 Å². The van der Waals surface area contributed by atoms with Gasteiger partial charge in [-0.05, 0) is 17.7 Å². The number of ether oxygens (including phenoxy) is 1. The molecule has 0 radical (unpaired) electrons. The third-order valence-electron chi connectivity index (χ3n) is 4.09. The second-order valence-electron chi connectivity index (χ2n) is 5.99. The van der Waals surface area contributed by atoms with Crippen molar-refractivity contribution in [3.05, 3.63) is 71.3 Å². The van der Waals surface area contributed by atoms with Gasteiger partial charge in [0.2, 0.25) is 5.91 Å². The van der Waals surface area contributed by atoms with Crippen LogP contribution in [0.25, 0.3) is 0 Å². The number of carbonyl (C=O) groups is 4. The molecule has 2 aromatic carbocycles. The molecule has 7 heteroatoms. The van der Waals surface area contributed by atoms with Crippen LogP contribution in [0.2, 0.25) is 0 Å². The summed E-state index contributed by atoms with van der Waals surface area (Å²) in [4.78, 5) is 48.8. The number of rotatable bonds is 7. The van der Waals surface area contributed by atoms with Gasteiger partial charge in [0.15, 0.2) is 6.73 Å². The highest BCUT2D eigenvalue weighted by molar-refractivity contribution is 6.21. The monoisotopic (exact) mass is 366 g/mol. The molecule has 0 saturated carbocycles. The quantitative estimate of drug-likeness (QED) is 0.593. The van der Waals surface area contributed by atoms with Crippen molar-refractivity contribution in [2.45, 2.75) is 12.8 Å². The molecule has 1 N–H and O–H groups in total. The first-order valence-corrected chi connectivity index (χ1v) is 8.47. The van der Waals surface area contributed by atoms with Crippen molar-refractivity contribution in [1.82, 2.24) is 10.2 Å². The van der Waals surface area contributed by atoms with Crippen LogP contribution in [0.3, 0.4) is 0 Å². The van der Waals surface area contributed by atoms with Gasteiger partial charge in [-0.1, -0.05) is 42.5 Å². The van der Waals surface area contributed by atoms with Gasteiger partial charge in [-0.3, -0.25) is 19.2 Å². The van der Waals surface area contributed by atoms with E-state index in [1.807, 2.05) is 30.3 Å². The van der Waals surface area contributed by atoms with E-state index < -0.39 is 24.5 Å². The fourth-order valence-electron chi connectivity index (χ4n) is 2.71. The van der Waals surface area contributed by atoms with Gasteiger partial charge in [0.05, 0.1) is 24.0 Å². The minimum absolute atomic E-state index is 0.0519. The van der Waals surface area contributed by atoms with Gasteiger partial charge < -0.3 is 10.1 Å². The maximum absolute atomic E-state index is 12.2. The molecular formula is C20H18N2O5. The molecule has 7 nitrogen and oxygen atoms in total. The second kappa shape index (κ2) is 8.27. The maximum Gasteiger partial charge on any atom is 0.309 e. The number of benzene rings is 2. The van der Waals surface area contributed by atoms with Crippen LogP contribution in [0, 0.1) is 0 Å². The Kier molecular flexibility index (Phi) is 5.61. The molecular weight excluding hydrogens is 348 g/mol. The molecule has 0 unspecified atom stereocenters. The molecule has 1 aliphatic rings. The molecule has 27 heavy (non-hydrogen) atoms. The van der Waals surface area contributed by atoms with Gasteiger partial charge in [0.1, 0.15) is 0 Å². The summed E-state index contributed by atoms with van der Waals surface area (Å²) in [5.74, 6) is -1.78. The SMILES string of the molecule is O=C(Cc1ccccc1)NCCC(=O)OCN1C(=O)c2ccccc2C1=O. The Hall–Kier alpha value is -3.48. The van der Waals surface area contributed by atoms with Crippen LogP contribution in [0.1, 0.15) is 32.7 Å². The van der Waals surface area contributed by atoms with E-state index in [9.17, 15) is 19.2 Å². The molecule has 0 aromatic heterocycles. The fourth-order valence-corrected chi connectivity index (χ4v) is 2.71. The number of carbonyl (C=O) groups excluding carboxylic acids is 4. The van der Waals surface area contributed by atoms with Crippen LogP contribution in [0.15, 0.2) is 54.6 Å². The average molecular weight is 366 g/mol. The zero-order chi connectivity index (χ0) is 19.2. The van der Waals surface area contributed by atoms with Crippen LogP contribution in [-0.4, -0.2) is 41.9 Å². The molecule has 138 valence electrons. The van der Waals surface area contributed by atoms with E-state index in [4.69, 9.17) is 4.74 Å². The number of fused-ring (bicyclic) bond motifs is 1. The summed E-state index contributed by atoms with van der Waals surface area (Å²) >= 11 is 0. The van der Waals surface area contributed by atoms with Crippen molar-refractivity contribution in [3.8, 4) is 0 Å². The zero-order valence-electron chi connectivity index (χ0n) is 14.5. The van der Waals surface area contributed by atoms with Gasteiger partial charge in [0, 0.05) is 6.54 Å². The van der Waals surface area contributed by atoms with E-state index in [1.165, 1.54) is 0 Å². The molecule has 1 heterocycles. The lowest BCUT2D eigenvalue weighted by molar-refractivity contribution is -0.146. The number of amides is 3. The lowest BCUT2D eigenvalue weighted by Crippen LogP contribution is -2.34. The highest BCUT2D eigenvalue weighted by Gasteiger charge is 2.35. The van der Waals surface area contributed by atoms with Crippen molar-refractivity contribution in [2.24, 2.45) is 0 Å². The highest BCUT2D eigenvalue weighted by atomic mass is 16.5. The summed E-state index contributed by atoms with van der Waals surface area (Å²) in [6, 6.07) is 15.7. The van der Waals surface area contributed by atoms with Gasteiger partial charge in [-0.25, -0.2) is 4.90 Å². The topological polar surface area (TPSA) is 92.8 Å². The molecule has 0 bridgehead atoms. The Bertz CT molecular complexity index is 844. The van der Waals surface area contributed by atoms with E-state index in [-0.39, 0.29) is 25.3 Å². The van der Waals surface area contributed by atoms with Crippen LogP contribution in [0.5, 0.6) is 0 Å². The van der Waals surface area contributed by atoms with Gasteiger partial charge >= 0.3 is 5.97 Å². The van der Waals surface area contributed by atoms with Gasteiger partial charge in [-0.15, -0.1) is 0 Å². The van der Waals surface area contributed by atoms with Crippen molar-refractivity contribution in [1.29, 1.82) is 0 Å². The summed E-state index contributed by atoms with van der Waals surface area (Å²) in [6.07, 6.45) is 0.175. The average Bonchev–Trinajstić information content (AvgIpc) is 2.92. The molecule has 0 fully saturated rings. The number of hydrogen-bond acceptors (Lipinski definition) is 5. The maximum atomic E-state index is 12.2. The molecule has 3 rings (SSSR count). The number of esters is 1. The Morgan fingerprint density at radius 1 is 0.889 bits per heavy atom. The summed E-state index contributed by atoms with van der Waals surface area (Å²) in [5, 5.41) is 2.63. The summed E-state index contributed by atoms with van der Waals surface area (Å²) in [5.41, 5.74) is 1.47. The summed E-state index contributed by atoms with van der Waals surface area (Å²) < 4.78 is 4.99. The zero-order valence-corrected chi connectivity index (χ0v) is 14.5. The predicted octanol–water partition coefficient (Wildman–Crippen LogP) is 1.53. The molecule has 0 atom stereocenters. The molecule has 0 saturated heterocycles. The Labute approximate surface area is 155 Å². The van der Waals surface area contributed by atoms with Crippen molar-refractivity contribution < 1.29 is 23.9 Å². The molecule has 2 aromatic rings. The highest BCUT2D eigenvalue weighted by Crippen LogP contribution is 2.22. The number of nitrogens with one attached hydrogen (secondary N) is 1. The predicted molar refractivity (Wildman–Crippen MR) is 95.7 cm³/mol. The molecule has 0 spiro atoms. The Morgan fingerprint density at radius 2 is 1.48 bits per heavy atom. The van der Waals surface area contributed by atoms with E-state index in [1.54, 1.807) is 24.3 Å². The van der Waals surface area contributed by atoms with Crippen molar-refractivity contribution in [3.63, 3.8) is 0 Å². The standard InChI is InChI=1S/C20H18N2O5/c23-17(12-14-6-2-1-3-7-14)21-11-10-18(24)27-13-22-19(25)15-8-4-5-9-16(15)20(22)26/h1-9H,10-13H2,(H,21,23). The summed E-state index contributed by atoms with van der Waals surface area (Å²) in [7, 11) is 0. The fraction of sp³-hybridized carbons (Fsp3) is 0.200. The van der Waals surface area contributed by atoms with Crippen LogP contribution in [0.4, 0.5) is 0 Å². The van der Waals surface area contributed by atoms with E-state index in [0.29, 0.717) is 11.1 Å². The normalized spacial score (nSPS) is 12.7. The number of hydrogen-bond donors (Lipinski definition) is 1. The minimum atomic E-state index is -0.605. The number of imide groups is 1. The Morgan fingerprint density at radius 3 is 2.11 bits per heavy atom. The minimum Gasteiger partial charge on any atom is -0.444 e. The van der Waals surface area contributed by atoms with E-state index in [0.717, 1.165) is 10.5 Å². The first kappa shape index (κ1) is 18.3. The molecule has 3 amide bonds. The first-order chi connectivity index (χ1) is 13.1. The first-order valence-electron chi connectivity index (χ1n) is 8.47. The van der Waals surface area contributed by atoms with Crippen molar-refractivity contribution in [2.75, 3.05) is 13.3 Å². The third kappa shape index (κ3) is 4.38. The van der Waals surface area contributed by atoms with E-state index >= 15 is 0 Å². The largest absolute Gasteiger partial charge is 0.444 e. The number of nitrogens with zero attached hydrogens (tertiary/aromatic N) is 1. The lowest BCUT2D eigenvalue weighted by atomic mass is 10.1. The molecule has 1 aliphatic heterocycles. The smallest absolute Gasteiger partial charge is 0.309 e.